The lowest BCUT2D eigenvalue weighted by atomic mass is 9.92. The average molecular weight is 376 g/mol. The number of aromatic nitrogens is 1. The van der Waals surface area contributed by atoms with Crippen LogP contribution < -0.4 is 10.7 Å². The molecule has 2 aromatic carbocycles. The van der Waals surface area contributed by atoms with Crippen LogP contribution in [0.2, 0.25) is 0 Å². The van der Waals surface area contributed by atoms with Gasteiger partial charge in [0, 0.05) is 24.7 Å². The van der Waals surface area contributed by atoms with E-state index in [4.69, 9.17) is 0 Å². The first-order chi connectivity index (χ1) is 13.5. The number of amides is 4. The third kappa shape index (κ3) is 3.00. The van der Waals surface area contributed by atoms with Crippen LogP contribution in [0.3, 0.4) is 0 Å². The summed E-state index contributed by atoms with van der Waals surface area (Å²) in [6, 6.07) is 18.2. The molecule has 4 amide bonds. The fraction of sp³-hybridized carbons (Fsp3) is 0.190. The van der Waals surface area contributed by atoms with E-state index in [2.05, 4.69) is 10.7 Å². The molecule has 28 heavy (non-hydrogen) atoms. The molecule has 1 atom stereocenters. The molecule has 7 nitrogen and oxygen atoms in total. The number of benzene rings is 2. The Morgan fingerprint density at radius 2 is 1.75 bits per heavy atom. The van der Waals surface area contributed by atoms with Gasteiger partial charge < -0.3 is 9.88 Å². The predicted octanol–water partition coefficient (Wildman–Crippen LogP) is 2.53. The van der Waals surface area contributed by atoms with Crippen molar-refractivity contribution < 1.29 is 14.4 Å². The number of nitrogens with one attached hydrogen (secondary N) is 2. The number of fused-ring (bicyclic) bond motifs is 1. The molecule has 142 valence electrons. The first-order valence-corrected chi connectivity index (χ1v) is 9.04. The Hall–Kier alpha value is -3.61. The normalized spacial score (nSPS) is 19.1. The summed E-state index contributed by atoms with van der Waals surface area (Å²) in [5.74, 6) is -0.915. The molecule has 2 heterocycles. The second kappa shape index (κ2) is 6.84. The molecule has 1 aromatic heterocycles. The van der Waals surface area contributed by atoms with Gasteiger partial charge in [-0.25, -0.2) is 4.79 Å². The number of carbonyl (C=O) groups is 3. The average Bonchev–Trinajstić information content (AvgIpc) is 3.22. The van der Waals surface area contributed by atoms with Crippen LogP contribution in [0.25, 0.3) is 10.9 Å². The number of urea groups is 1. The van der Waals surface area contributed by atoms with Gasteiger partial charge in [-0.1, -0.05) is 48.5 Å². The summed E-state index contributed by atoms with van der Waals surface area (Å²) in [6.07, 6.45) is 2.05. The molecule has 0 spiro atoms. The van der Waals surface area contributed by atoms with Crippen molar-refractivity contribution in [1.82, 2.24) is 20.3 Å². The van der Waals surface area contributed by atoms with Crippen molar-refractivity contribution in [3.8, 4) is 0 Å². The van der Waals surface area contributed by atoms with Crippen LogP contribution in [0.1, 0.15) is 18.9 Å². The van der Waals surface area contributed by atoms with Crippen molar-refractivity contribution in [3.05, 3.63) is 72.4 Å². The summed E-state index contributed by atoms with van der Waals surface area (Å²) < 4.78 is 1.97. The van der Waals surface area contributed by atoms with E-state index in [1.54, 1.807) is 31.2 Å². The van der Waals surface area contributed by atoms with Gasteiger partial charge in [-0.05, 0) is 30.0 Å². The molecule has 0 radical (unpaired) electrons. The largest absolute Gasteiger partial charge is 0.347 e. The molecule has 1 aliphatic rings. The van der Waals surface area contributed by atoms with Gasteiger partial charge >= 0.3 is 6.03 Å². The third-order valence-corrected chi connectivity index (χ3v) is 5.04. The van der Waals surface area contributed by atoms with Crippen molar-refractivity contribution in [2.24, 2.45) is 0 Å². The van der Waals surface area contributed by atoms with Gasteiger partial charge in [0.05, 0.1) is 0 Å². The lowest BCUT2D eigenvalue weighted by molar-refractivity contribution is -0.139. The van der Waals surface area contributed by atoms with E-state index in [9.17, 15) is 14.4 Å². The van der Waals surface area contributed by atoms with Gasteiger partial charge in [-0.3, -0.25) is 15.0 Å². The standard InChI is InChI=1S/C21H20N4O3/c1-21(16-8-3-2-4-9-16)19(27)25(20(28)22-21)23-18(26)12-14-24-13-11-15-7-5-6-10-17(15)24/h2-11,13H,12,14H2,1H3,(H,22,28)(H,23,26). The zero-order valence-corrected chi connectivity index (χ0v) is 15.4. The van der Waals surface area contributed by atoms with E-state index in [0.717, 1.165) is 15.9 Å². The number of imide groups is 1. The minimum Gasteiger partial charge on any atom is -0.347 e. The molecular formula is C21H20N4O3. The Morgan fingerprint density at radius 3 is 2.54 bits per heavy atom. The highest BCUT2D eigenvalue weighted by Gasteiger charge is 2.49. The van der Waals surface area contributed by atoms with Gasteiger partial charge in [0.15, 0.2) is 0 Å². The van der Waals surface area contributed by atoms with Gasteiger partial charge in [-0.2, -0.15) is 5.01 Å². The predicted molar refractivity (Wildman–Crippen MR) is 104 cm³/mol. The number of hydrogen-bond acceptors (Lipinski definition) is 3. The highest BCUT2D eigenvalue weighted by molar-refractivity contribution is 6.08. The van der Waals surface area contributed by atoms with E-state index in [-0.39, 0.29) is 6.42 Å². The molecule has 1 saturated heterocycles. The molecule has 7 heteroatoms. The van der Waals surface area contributed by atoms with Gasteiger partial charge in [0.1, 0.15) is 5.54 Å². The van der Waals surface area contributed by atoms with E-state index in [1.165, 1.54) is 0 Å². The zero-order chi connectivity index (χ0) is 19.7. The number of carbonyl (C=O) groups excluding carboxylic acids is 3. The first-order valence-electron chi connectivity index (χ1n) is 9.04. The van der Waals surface area contributed by atoms with Crippen LogP contribution in [0.4, 0.5) is 4.79 Å². The van der Waals surface area contributed by atoms with Crippen LogP contribution in [0.15, 0.2) is 66.9 Å². The fourth-order valence-electron chi connectivity index (χ4n) is 3.45. The molecule has 1 unspecified atom stereocenters. The van der Waals surface area contributed by atoms with Crippen molar-refractivity contribution in [2.75, 3.05) is 0 Å². The molecule has 2 N–H and O–H groups in total. The number of hydrazine groups is 1. The van der Waals surface area contributed by atoms with Gasteiger partial charge in [0.25, 0.3) is 5.91 Å². The zero-order valence-electron chi connectivity index (χ0n) is 15.4. The lowest BCUT2D eigenvalue weighted by Crippen LogP contribution is -2.48. The number of aryl methyl sites for hydroxylation is 1. The smallest absolute Gasteiger partial charge is 0.344 e. The second-order valence-electron chi connectivity index (χ2n) is 6.91. The van der Waals surface area contributed by atoms with Crippen LogP contribution in [-0.2, 0) is 21.7 Å². The number of rotatable bonds is 5. The van der Waals surface area contributed by atoms with Crippen molar-refractivity contribution >= 4 is 28.7 Å². The SMILES string of the molecule is CC1(c2ccccc2)NC(=O)N(NC(=O)CCn2ccc3ccccc32)C1=O. The molecule has 1 aliphatic heterocycles. The molecule has 0 bridgehead atoms. The van der Waals surface area contributed by atoms with Crippen LogP contribution in [0, 0.1) is 0 Å². The molecule has 4 rings (SSSR count). The van der Waals surface area contributed by atoms with E-state index in [0.29, 0.717) is 12.1 Å². The Labute approximate surface area is 161 Å². The van der Waals surface area contributed by atoms with Crippen LogP contribution >= 0.6 is 0 Å². The summed E-state index contributed by atoms with van der Waals surface area (Å²) in [7, 11) is 0. The van der Waals surface area contributed by atoms with Crippen LogP contribution in [0.5, 0.6) is 0 Å². The Kier molecular flexibility index (Phi) is 4.35. The minimum absolute atomic E-state index is 0.137. The number of hydrogen-bond donors (Lipinski definition) is 2. The second-order valence-corrected chi connectivity index (χ2v) is 6.91. The topological polar surface area (TPSA) is 83.4 Å². The van der Waals surface area contributed by atoms with Gasteiger partial charge in [0.2, 0.25) is 5.91 Å². The summed E-state index contributed by atoms with van der Waals surface area (Å²) in [4.78, 5) is 37.5. The van der Waals surface area contributed by atoms with E-state index in [1.807, 2.05) is 47.2 Å². The van der Waals surface area contributed by atoms with Gasteiger partial charge in [-0.15, -0.1) is 0 Å². The lowest BCUT2D eigenvalue weighted by Gasteiger charge is -2.22. The first kappa shape index (κ1) is 17.8. The number of nitrogens with zero attached hydrogens (tertiary/aromatic N) is 2. The molecule has 1 fully saturated rings. The highest BCUT2D eigenvalue weighted by atomic mass is 16.2. The van der Waals surface area contributed by atoms with E-state index < -0.39 is 23.4 Å². The quantitative estimate of drug-likeness (QED) is 0.671. The highest BCUT2D eigenvalue weighted by Crippen LogP contribution is 2.27. The summed E-state index contributed by atoms with van der Waals surface area (Å²) in [6.45, 7) is 2.07. The van der Waals surface area contributed by atoms with Crippen molar-refractivity contribution in [3.63, 3.8) is 0 Å². The summed E-state index contributed by atoms with van der Waals surface area (Å²) in [5.41, 5.74) is 2.91. The Balaban J connectivity index is 1.43. The summed E-state index contributed by atoms with van der Waals surface area (Å²) in [5, 5.41) is 4.52. The molecule has 0 saturated carbocycles. The van der Waals surface area contributed by atoms with Crippen LogP contribution in [-0.4, -0.2) is 27.4 Å². The molecule has 0 aliphatic carbocycles. The monoisotopic (exact) mass is 376 g/mol. The van der Waals surface area contributed by atoms with E-state index >= 15 is 0 Å². The van der Waals surface area contributed by atoms with Crippen molar-refractivity contribution in [1.29, 1.82) is 0 Å². The fourth-order valence-corrected chi connectivity index (χ4v) is 3.45. The maximum atomic E-state index is 12.8. The minimum atomic E-state index is -1.21. The maximum absolute atomic E-state index is 12.8. The maximum Gasteiger partial charge on any atom is 0.344 e. The summed E-state index contributed by atoms with van der Waals surface area (Å²) >= 11 is 0. The Morgan fingerprint density at radius 1 is 1.04 bits per heavy atom. The third-order valence-electron chi connectivity index (χ3n) is 5.04. The molecular weight excluding hydrogens is 356 g/mol. The number of para-hydroxylation sites is 1. The van der Waals surface area contributed by atoms with Crippen molar-refractivity contribution in [2.45, 2.75) is 25.4 Å². The molecule has 3 aromatic rings. The Bertz CT molecular complexity index is 1060.